The number of rotatable bonds is 2. The molecule has 0 aliphatic rings. The number of hydrogen-bond acceptors (Lipinski definition) is 4. The molecule has 0 aromatic rings. The molecule has 0 heterocycles. The zero-order valence-electron chi connectivity index (χ0n) is 4.90. The first-order chi connectivity index (χ1) is 3.85. The molecular weight excluding hydrogens is 178 g/mol. The summed E-state index contributed by atoms with van der Waals surface area (Å²) in [5.41, 5.74) is 0. The third kappa shape index (κ3) is 3.94. The molecule has 0 aromatic heterocycles. The summed E-state index contributed by atoms with van der Waals surface area (Å²) < 4.78 is 40.6. The summed E-state index contributed by atoms with van der Waals surface area (Å²) in [7, 11) is -2.62. The first kappa shape index (κ1) is 12.7. The predicted molar refractivity (Wildman–Crippen MR) is 38.3 cm³/mol. The summed E-state index contributed by atoms with van der Waals surface area (Å²) >= 11 is -2.68. The predicted octanol–water partition coefficient (Wildman–Crippen LogP) is -0.692. The Morgan fingerprint density at radius 2 is 1.80 bits per heavy atom. The molecule has 0 rings (SSSR count). The van der Waals surface area contributed by atoms with Crippen LogP contribution in [-0.2, 0) is 21.3 Å². The normalized spacial score (nSPS) is 14.4. The van der Waals surface area contributed by atoms with E-state index < -0.39 is 21.3 Å². The summed E-state index contributed by atoms with van der Waals surface area (Å²) in [6.45, 7) is 0. The summed E-state index contributed by atoms with van der Waals surface area (Å²) in [5.74, 6) is 0. The largest absolute Gasteiger partial charge is 0.759 e. The maximum absolute atomic E-state index is 10.3. The second-order valence-corrected chi connectivity index (χ2v) is 4.62. The van der Waals surface area contributed by atoms with E-state index in [-0.39, 0.29) is 11.1 Å². The van der Waals surface area contributed by atoms with Gasteiger partial charge in [-0.3, -0.25) is 4.21 Å². The van der Waals surface area contributed by atoms with Crippen LogP contribution in [0.4, 0.5) is 0 Å². The van der Waals surface area contributed by atoms with Crippen LogP contribution in [0.5, 0.6) is 0 Å². The van der Waals surface area contributed by atoms with E-state index in [4.69, 9.17) is 0 Å². The highest BCUT2D eigenvalue weighted by Gasteiger charge is 2.09. The lowest BCUT2D eigenvalue weighted by Gasteiger charge is -2.15. The first-order valence-electron chi connectivity index (χ1n) is 1.89. The van der Waals surface area contributed by atoms with Gasteiger partial charge in [0.05, 0.1) is 6.26 Å². The van der Waals surface area contributed by atoms with Gasteiger partial charge < -0.3 is 4.55 Å². The quantitative estimate of drug-likeness (QED) is 0.537. The van der Waals surface area contributed by atoms with E-state index in [9.17, 15) is 17.2 Å². The van der Waals surface area contributed by atoms with E-state index in [2.05, 4.69) is 0 Å². The van der Waals surface area contributed by atoms with Gasteiger partial charge in [0.1, 0.15) is 0 Å². The molecule has 0 fully saturated rings. The minimum absolute atomic E-state index is 0. The van der Waals surface area contributed by atoms with Crippen LogP contribution in [-0.4, -0.2) is 34.2 Å². The zero-order chi connectivity index (χ0) is 7.65. The Kier molecular flexibility index (Phi) is 5.09. The van der Waals surface area contributed by atoms with Gasteiger partial charge in [0, 0.05) is 18.3 Å². The fourth-order valence-electron chi connectivity index (χ4n) is 0.111. The van der Waals surface area contributed by atoms with E-state index in [1.54, 1.807) is 0 Å². The van der Waals surface area contributed by atoms with Gasteiger partial charge in [-0.15, -0.1) is 3.71 Å². The van der Waals surface area contributed by atoms with Crippen LogP contribution in [0.3, 0.4) is 0 Å². The molecule has 0 radical (unpaired) electrons. The molecule has 0 bridgehead atoms. The highest BCUT2D eigenvalue weighted by Crippen LogP contribution is 1.93. The van der Waals surface area contributed by atoms with Crippen LogP contribution in [0.1, 0.15) is 7.43 Å². The molecule has 5 nitrogen and oxygen atoms in total. The van der Waals surface area contributed by atoms with E-state index >= 15 is 0 Å². The van der Waals surface area contributed by atoms with Gasteiger partial charge in [0.15, 0.2) is 0 Å². The monoisotopic (exact) mass is 188 g/mol. The van der Waals surface area contributed by atoms with Crippen molar-refractivity contribution in [1.29, 1.82) is 0 Å². The highest BCUT2D eigenvalue weighted by atomic mass is 32.3. The van der Waals surface area contributed by atoms with Crippen LogP contribution in [0, 0.1) is 0 Å². The molecule has 0 aliphatic heterocycles. The first-order valence-corrected chi connectivity index (χ1v) is 4.77. The molecule has 0 spiro atoms. The van der Waals surface area contributed by atoms with E-state index in [1.165, 1.54) is 0 Å². The summed E-state index contributed by atoms with van der Waals surface area (Å²) in [4.78, 5) is 0. The van der Waals surface area contributed by atoms with Crippen molar-refractivity contribution in [1.82, 2.24) is 3.71 Å². The van der Waals surface area contributed by atoms with Gasteiger partial charge >= 0.3 is 0 Å². The van der Waals surface area contributed by atoms with Crippen LogP contribution in [0.2, 0.25) is 0 Å². The molecule has 10 heavy (non-hydrogen) atoms. The van der Waals surface area contributed by atoms with E-state index in [1.807, 2.05) is 0 Å². The minimum atomic E-state index is -3.58. The van der Waals surface area contributed by atoms with Crippen LogP contribution >= 0.6 is 0 Å². The smallest absolute Gasteiger partial charge is 0.221 e. The van der Waals surface area contributed by atoms with Crippen LogP contribution < -0.4 is 0 Å². The Hall–Kier alpha value is 0.0200. The van der Waals surface area contributed by atoms with Crippen molar-refractivity contribution in [2.75, 3.05) is 13.3 Å². The maximum atomic E-state index is 10.3. The molecule has 0 N–H and O–H groups in total. The molecule has 7 heteroatoms. The van der Waals surface area contributed by atoms with Gasteiger partial charge in [0.2, 0.25) is 10.0 Å². The summed E-state index contributed by atoms with van der Waals surface area (Å²) in [6, 6.07) is 0. The van der Waals surface area contributed by atoms with E-state index in [0.717, 1.165) is 13.3 Å². The lowest BCUT2D eigenvalue weighted by molar-refractivity contribution is 0.489. The van der Waals surface area contributed by atoms with Crippen molar-refractivity contribution < 1.29 is 17.2 Å². The third-order valence-corrected chi connectivity index (χ3v) is 3.21. The van der Waals surface area contributed by atoms with Crippen LogP contribution in [0.25, 0.3) is 0 Å². The fraction of sp³-hybridized carbons (Fsp3) is 1.00. The van der Waals surface area contributed by atoms with Gasteiger partial charge in [-0.2, -0.15) is 0 Å². The molecule has 1 atom stereocenters. The molecule has 0 amide bonds. The lowest BCUT2D eigenvalue weighted by Crippen LogP contribution is -2.27. The Bertz CT molecular complexity index is 209. The Labute approximate surface area is 63.5 Å². The zero-order valence-corrected chi connectivity index (χ0v) is 6.53. The highest BCUT2D eigenvalue weighted by molar-refractivity contribution is 7.98. The van der Waals surface area contributed by atoms with Gasteiger partial charge in [-0.1, -0.05) is 7.43 Å². The average molecular weight is 188 g/mol. The minimum Gasteiger partial charge on any atom is -0.759 e. The van der Waals surface area contributed by atoms with Gasteiger partial charge in [-0.25, -0.2) is 8.42 Å². The molecule has 0 aliphatic carbocycles. The van der Waals surface area contributed by atoms with Crippen molar-refractivity contribution in [3.05, 3.63) is 0 Å². The van der Waals surface area contributed by atoms with Crippen molar-refractivity contribution in [2.24, 2.45) is 0 Å². The fourth-order valence-corrected chi connectivity index (χ4v) is 0.995. The molecule has 0 saturated carbocycles. The average Bonchev–Trinajstić information content (AvgIpc) is 1.62. The lowest BCUT2D eigenvalue weighted by atomic mass is 11.6. The second kappa shape index (κ2) is 4.02. The maximum Gasteiger partial charge on any atom is 0.221 e. The molecule has 1 unspecified atom stereocenters. The summed E-state index contributed by atoms with van der Waals surface area (Å²) in [5, 5.41) is 0. The van der Waals surface area contributed by atoms with E-state index in [0.29, 0.717) is 0 Å². The molecule has 64 valence electrons. The second-order valence-electron chi connectivity index (χ2n) is 1.39. The Morgan fingerprint density at radius 3 is 1.80 bits per heavy atom. The van der Waals surface area contributed by atoms with Gasteiger partial charge in [0.25, 0.3) is 0 Å². The van der Waals surface area contributed by atoms with Crippen LogP contribution in [0.15, 0.2) is 0 Å². The Morgan fingerprint density at radius 1 is 1.50 bits per heavy atom. The SMILES string of the molecule is C.CN(S(=O)[O-])S(C)(=O)=O. The molecule has 0 aromatic carbocycles. The van der Waals surface area contributed by atoms with Crippen molar-refractivity contribution in [2.45, 2.75) is 7.43 Å². The summed E-state index contributed by atoms with van der Waals surface area (Å²) in [6.07, 6.45) is 0.808. The number of sulfonamides is 1. The number of nitrogens with zero attached hydrogens (tertiary/aromatic N) is 1. The molecule has 0 saturated heterocycles. The molecular formula is C3H10NO4S2-. The van der Waals surface area contributed by atoms with Gasteiger partial charge in [-0.05, 0) is 0 Å². The van der Waals surface area contributed by atoms with Crippen molar-refractivity contribution in [3.63, 3.8) is 0 Å². The standard InChI is InChI=1S/C2H7NO4S2.CH4/c1-3(8(4)5)9(2,6)7;/h1-2H3,(H,4,5);1H4/p-1. The topological polar surface area (TPSA) is 77.5 Å². The number of hydrogen-bond donors (Lipinski definition) is 0. The van der Waals surface area contributed by atoms with Crippen molar-refractivity contribution >= 4 is 21.3 Å². The third-order valence-electron chi connectivity index (χ3n) is 0.677. The van der Waals surface area contributed by atoms with Crippen molar-refractivity contribution in [3.8, 4) is 0 Å². The Balaban J connectivity index is 0.